The number of carbonyl (C=O) groups excluding carboxylic acids is 1. The Morgan fingerprint density at radius 2 is 1.82 bits per heavy atom. The molecule has 1 fully saturated rings. The first kappa shape index (κ1) is 20.0. The van der Waals surface area contributed by atoms with Gasteiger partial charge in [0.05, 0.1) is 0 Å². The molecular weight excluding hydrogens is 362 g/mol. The van der Waals surface area contributed by atoms with Crippen LogP contribution in [0.5, 0.6) is 5.75 Å². The number of ketones is 1. The number of alkyl halides is 2. The average molecular weight is 386 g/mol. The van der Waals surface area contributed by atoms with Crippen molar-refractivity contribution in [1.29, 1.82) is 0 Å². The first-order chi connectivity index (χ1) is 13.5. The molecule has 6 heteroatoms. The van der Waals surface area contributed by atoms with Gasteiger partial charge in [-0.15, -0.1) is 0 Å². The van der Waals surface area contributed by atoms with Crippen LogP contribution in [-0.4, -0.2) is 48.4 Å². The van der Waals surface area contributed by atoms with Crippen molar-refractivity contribution in [3.05, 3.63) is 77.5 Å². The summed E-state index contributed by atoms with van der Waals surface area (Å²) in [4.78, 5) is 16.8. The monoisotopic (exact) mass is 386 g/mol. The summed E-state index contributed by atoms with van der Waals surface area (Å²) in [5.74, 6) is -0.249. The molecule has 0 atom stereocenters. The molecule has 28 heavy (non-hydrogen) atoms. The quantitative estimate of drug-likeness (QED) is 0.530. The van der Waals surface area contributed by atoms with Crippen molar-refractivity contribution in [2.24, 2.45) is 0 Å². The number of hydrogen-bond acceptors (Lipinski definition) is 4. The van der Waals surface area contributed by atoms with Crippen LogP contribution in [-0.2, 0) is 6.54 Å². The lowest BCUT2D eigenvalue weighted by molar-refractivity contribution is -0.0498. The second kappa shape index (κ2) is 9.46. The van der Waals surface area contributed by atoms with E-state index in [9.17, 15) is 13.6 Å². The van der Waals surface area contributed by atoms with Crippen molar-refractivity contribution in [2.75, 3.05) is 26.2 Å². The largest absolute Gasteiger partial charge is 0.435 e. The molecule has 0 radical (unpaired) electrons. The van der Waals surface area contributed by atoms with Gasteiger partial charge in [-0.3, -0.25) is 9.69 Å². The Hall–Kier alpha value is -2.73. The first-order valence-corrected chi connectivity index (χ1v) is 9.29. The summed E-state index contributed by atoms with van der Waals surface area (Å²) >= 11 is 0. The van der Waals surface area contributed by atoms with Crippen LogP contribution in [0.4, 0.5) is 8.78 Å². The highest BCUT2D eigenvalue weighted by Crippen LogP contribution is 2.17. The first-order valence-electron chi connectivity index (χ1n) is 9.29. The van der Waals surface area contributed by atoms with E-state index >= 15 is 0 Å². The van der Waals surface area contributed by atoms with Gasteiger partial charge in [0.15, 0.2) is 5.78 Å². The van der Waals surface area contributed by atoms with Gasteiger partial charge in [0.2, 0.25) is 0 Å². The van der Waals surface area contributed by atoms with Gasteiger partial charge in [0, 0.05) is 50.6 Å². The van der Waals surface area contributed by atoms with Crippen LogP contribution in [0.25, 0.3) is 0 Å². The number of allylic oxidation sites excluding steroid dienone is 1. The van der Waals surface area contributed by atoms with E-state index in [0.717, 1.165) is 32.7 Å². The van der Waals surface area contributed by atoms with E-state index in [1.165, 1.54) is 35.4 Å². The summed E-state index contributed by atoms with van der Waals surface area (Å²) in [7, 11) is 0. The van der Waals surface area contributed by atoms with E-state index in [1.807, 2.05) is 0 Å². The summed E-state index contributed by atoms with van der Waals surface area (Å²) in [6.45, 7) is 3.62. The Labute approximate surface area is 164 Å². The standard InChI is InChI=1S/C22H24F2N2O2/c1-17-5-7-18(8-6-17)16-26-13-11-25(12-14-26)10-9-21(27)19-3-2-4-20(15-19)28-22(23)24/h2-10,15,22H,11-14,16H2,1H3/b10-9+. The molecule has 4 nitrogen and oxygen atoms in total. The van der Waals surface area contributed by atoms with Gasteiger partial charge in [-0.05, 0) is 24.6 Å². The van der Waals surface area contributed by atoms with Crippen molar-refractivity contribution in [1.82, 2.24) is 9.80 Å². The van der Waals surface area contributed by atoms with Gasteiger partial charge in [-0.2, -0.15) is 8.78 Å². The number of carbonyl (C=O) groups is 1. The number of nitrogens with zero attached hydrogens (tertiary/aromatic N) is 2. The Morgan fingerprint density at radius 1 is 1.11 bits per heavy atom. The van der Waals surface area contributed by atoms with Crippen LogP contribution in [0, 0.1) is 6.92 Å². The fraction of sp³-hybridized carbons (Fsp3) is 0.318. The van der Waals surface area contributed by atoms with Crippen molar-refractivity contribution in [3.8, 4) is 5.75 Å². The molecule has 0 amide bonds. The van der Waals surface area contributed by atoms with Gasteiger partial charge in [0.25, 0.3) is 0 Å². The molecule has 1 heterocycles. The molecule has 2 aromatic rings. The molecule has 0 aliphatic carbocycles. The molecule has 0 N–H and O–H groups in total. The van der Waals surface area contributed by atoms with Crippen LogP contribution in [0.2, 0.25) is 0 Å². The number of benzene rings is 2. The number of rotatable bonds is 7. The highest BCUT2D eigenvalue weighted by molar-refractivity contribution is 6.04. The maximum Gasteiger partial charge on any atom is 0.387 e. The van der Waals surface area contributed by atoms with E-state index in [-0.39, 0.29) is 11.5 Å². The minimum atomic E-state index is -2.91. The van der Waals surface area contributed by atoms with Gasteiger partial charge >= 0.3 is 6.61 Å². The van der Waals surface area contributed by atoms with Crippen LogP contribution >= 0.6 is 0 Å². The van der Waals surface area contributed by atoms with E-state index in [0.29, 0.717) is 5.56 Å². The highest BCUT2D eigenvalue weighted by Gasteiger charge is 2.15. The SMILES string of the molecule is Cc1ccc(CN2CCN(/C=C/C(=O)c3cccc(OC(F)F)c3)CC2)cc1. The minimum Gasteiger partial charge on any atom is -0.435 e. The fourth-order valence-electron chi connectivity index (χ4n) is 3.12. The molecule has 0 aromatic heterocycles. The maximum atomic E-state index is 12.3. The Balaban J connectivity index is 1.49. The summed E-state index contributed by atoms with van der Waals surface area (Å²) in [5, 5.41) is 0. The molecule has 1 saturated heterocycles. The number of hydrogen-bond donors (Lipinski definition) is 0. The van der Waals surface area contributed by atoms with Crippen molar-refractivity contribution >= 4 is 5.78 Å². The normalized spacial score (nSPS) is 15.4. The van der Waals surface area contributed by atoms with Gasteiger partial charge in [-0.25, -0.2) is 0 Å². The minimum absolute atomic E-state index is 0.0148. The fourth-order valence-corrected chi connectivity index (χ4v) is 3.12. The van der Waals surface area contributed by atoms with Crippen molar-refractivity contribution in [2.45, 2.75) is 20.1 Å². The van der Waals surface area contributed by atoms with E-state index in [2.05, 4.69) is 45.7 Å². The summed E-state index contributed by atoms with van der Waals surface area (Å²) < 4.78 is 28.9. The molecule has 0 bridgehead atoms. The lowest BCUT2D eigenvalue weighted by atomic mass is 10.1. The second-order valence-corrected chi connectivity index (χ2v) is 6.88. The third kappa shape index (κ3) is 5.89. The Kier molecular flexibility index (Phi) is 6.76. The molecule has 2 aromatic carbocycles. The van der Waals surface area contributed by atoms with Crippen LogP contribution in [0.1, 0.15) is 21.5 Å². The molecule has 3 rings (SSSR count). The molecule has 1 aliphatic heterocycles. The van der Waals surface area contributed by atoms with Crippen LogP contribution in [0.3, 0.4) is 0 Å². The number of ether oxygens (including phenoxy) is 1. The highest BCUT2D eigenvalue weighted by atomic mass is 19.3. The third-order valence-corrected chi connectivity index (χ3v) is 4.71. The molecule has 148 valence electrons. The van der Waals surface area contributed by atoms with Crippen molar-refractivity contribution < 1.29 is 18.3 Å². The van der Waals surface area contributed by atoms with Crippen molar-refractivity contribution in [3.63, 3.8) is 0 Å². The van der Waals surface area contributed by atoms with E-state index in [1.54, 1.807) is 12.3 Å². The topological polar surface area (TPSA) is 32.8 Å². The zero-order valence-corrected chi connectivity index (χ0v) is 15.9. The summed E-state index contributed by atoms with van der Waals surface area (Å²) in [5.41, 5.74) is 2.89. The lowest BCUT2D eigenvalue weighted by Gasteiger charge is -2.34. The van der Waals surface area contributed by atoms with Crippen LogP contribution in [0.15, 0.2) is 60.8 Å². The van der Waals surface area contributed by atoms with E-state index < -0.39 is 6.61 Å². The third-order valence-electron chi connectivity index (χ3n) is 4.71. The lowest BCUT2D eigenvalue weighted by Crippen LogP contribution is -2.43. The van der Waals surface area contributed by atoms with Gasteiger partial charge in [-0.1, -0.05) is 42.0 Å². The molecular formula is C22H24F2N2O2. The Bertz CT molecular complexity index is 814. The zero-order chi connectivity index (χ0) is 19.9. The smallest absolute Gasteiger partial charge is 0.387 e. The summed E-state index contributed by atoms with van der Waals surface area (Å²) in [6, 6.07) is 14.4. The van der Waals surface area contributed by atoms with Crippen LogP contribution < -0.4 is 4.74 Å². The number of aryl methyl sites for hydroxylation is 1. The molecule has 1 aliphatic rings. The molecule has 0 unspecified atom stereocenters. The van der Waals surface area contributed by atoms with Gasteiger partial charge < -0.3 is 9.64 Å². The average Bonchev–Trinajstić information content (AvgIpc) is 2.69. The number of piperazine rings is 1. The summed E-state index contributed by atoms with van der Waals surface area (Å²) in [6.07, 6.45) is 3.27. The van der Waals surface area contributed by atoms with Gasteiger partial charge in [0.1, 0.15) is 5.75 Å². The predicted molar refractivity (Wildman–Crippen MR) is 105 cm³/mol. The Morgan fingerprint density at radius 3 is 2.50 bits per heavy atom. The predicted octanol–water partition coefficient (Wildman–Crippen LogP) is 4.11. The number of halogens is 2. The zero-order valence-electron chi connectivity index (χ0n) is 15.9. The van der Waals surface area contributed by atoms with E-state index in [4.69, 9.17) is 0 Å². The molecule has 0 spiro atoms. The second-order valence-electron chi connectivity index (χ2n) is 6.88. The maximum absolute atomic E-state index is 12.3. The molecule has 0 saturated carbocycles.